The minimum atomic E-state index is -2.04. The van der Waals surface area contributed by atoms with Crippen molar-refractivity contribution in [2.75, 3.05) is 12.6 Å². The number of carbonyl (C=O) groups excluding carboxylic acids is 2. The Morgan fingerprint density at radius 2 is 1.77 bits per heavy atom. The maximum absolute atomic E-state index is 13.8. The molecule has 4 atom stereocenters. The quantitative estimate of drug-likeness (QED) is 0.204. The summed E-state index contributed by atoms with van der Waals surface area (Å²) in [5, 5.41) is 11.0. The Bertz CT molecular complexity index is 1700. The number of amides is 2. The Kier molecular flexibility index (Phi) is 5.91. The molecule has 3 heterocycles. The van der Waals surface area contributed by atoms with Gasteiger partial charge in [0.2, 0.25) is 0 Å². The van der Waals surface area contributed by atoms with Crippen molar-refractivity contribution in [2.45, 2.75) is 34.7 Å². The van der Waals surface area contributed by atoms with Crippen LogP contribution in [0.25, 0.3) is 5.69 Å². The Hall–Kier alpha value is -3.28. The van der Waals surface area contributed by atoms with Crippen molar-refractivity contribution in [1.82, 2.24) is 18.8 Å². The smallest absolute Gasteiger partial charge is 0.352 e. The first-order chi connectivity index (χ1) is 18.6. The SMILES string of the molecule is COc1ccc(O)c(C2C3=CCn4c(=O)n(-c5ccccc5)c(=O)n4C3CC3(Cl)C(=O)N(CBr)C(=O)C23Cl)c1. The molecule has 0 spiro atoms. The van der Waals surface area contributed by atoms with Crippen molar-refractivity contribution in [3.8, 4) is 17.2 Å². The van der Waals surface area contributed by atoms with Gasteiger partial charge < -0.3 is 9.84 Å². The van der Waals surface area contributed by atoms with E-state index in [9.17, 15) is 24.3 Å². The molecule has 0 radical (unpaired) electrons. The fourth-order valence-electron chi connectivity index (χ4n) is 6.05. The fourth-order valence-corrected chi connectivity index (χ4v) is 7.45. The molecule has 1 N–H and O–H groups in total. The van der Waals surface area contributed by atoms with E-state index >= 15 is 0 Å². The number of rotatable bonds is 4. The van der Waals surface area contributed by atoms with Gasteiger partial charge in [0, 0.05) is 17.9 Å². The third-order valence-corrected chi connectivity index (χ3v) is 9.76. The number of phenolic OH excluding ortho intramolecular Hbond substituents is 1. The number of aromatic nitrogens is 3. The van der Waals surface area contributed by atoms with Crippen LogP contribution in [0.2, 0.25) is 0 Å². The van der Waals surface area contributed by atoms with E-state index in [0.717, 1.165) is 9.47 Å². The number of allylic oxidation sites excluding steroid dienone is 2. The minimum absolute atomic E-state index is 0.00643. The van der Waals surface area contributed by atoms with Crippen LogP contribution in [0.15, 0.2) is 69.8 Å². The number of halogens is 3. The van der Waals surface area contributed by atoms with Crippen LogP contribution >= 0.6 is 39.1 Å². The van der Waals surface area contributed by atoms with Crippen LogP contribution in [0.5, 0.6) is 11.5 Å². The lowest BCUT2D eigenvalue weighted by Gasteiger charge is -2.49. The van der Waals surface area contributed by atoms with Gasteiger partial charge in [0.1, 0.15) is 11.5 Å². The van der Waals surface area contributed by atoms with Crippen LogP contribution in [-0.4, -0.2) is 58.1 Å². The molecule has 6 rings (SSSR count). The van der Waals surface area contributed by atoms with E-state index in [1.807, 2.05) is 0 Å². The highest BCUT2D eigenvalue weighted by atomic mass is 79.9. The standard InChI is InChI=1S/C26H21BrCl2N4O6/c1-39-15-7-8-19(34)17(11-15)20-16-9-10-31-23(37)32(14-5-3-2-4-6-14)24(38)33(31)18(16)12-25(28)21(35)30(13-27)22(36)26(20,25)29/h2-9,11,18,20,34H,10,12-13H2,1H3. The van der Waals surface area contributed by atoms with Crippen molar-refractivity contribution in [2.24, 2.45) is 0 Å². The Labute approximate surface area is 239 Å². The molecule has 1 aromatic heterocycles. The zero-order valence-electron chi connectivity index (χ0n) is 20.4. The summed E-state index contributed by atoms with van der Waals surface area (Å²) in [5.41, 5.74) is -0.283. The van der Waals surface area contributed by atoms with Crippen molar-refractivity contribution in [3.05, 3.63) is 86.7 Å². The van der Waals surface area contributed by atoms with Crippen LogP contribution in [-0.2, 0) is 16.1 Å². The second-order valence-corrected chi connectivity index (χ2v) is 11.4. The van der Waals surface area contributed by atoms with E-state index in [4.69, 9.17) is 27.9 Å². The summed E-state index contributed by atoms with van der Waals surface area (Å²) in [6.45, 7) is -0.00643. The van der Waals surface area contributed by atoms with Gasteiger partial charge >= 0.3 is 11.4 Å². The third-order valence-electron chi connectivity index (χ3n) is 7.84. The third kappa shape index (κ3) is 3.26. The van der Waals surface area contributed by atoms with Crippen LogP contribution in [0.4, 0.5) is 0 Å². The van der Waals surface area contributed by atoms with E-state index in [0.29, 0.717) is 17.0 Å². The van der Waals surface area contributed by atoms with Gasteiger partial charge in [0.15, 0.2) is 9.75 Å². The molecule has 1 saturated carbocycles. The molecule has 202 valence electrons. The molecule has 2 fully saturated rings. The molecule has 0 bridgehead atoms. The van der Waals surface area contributed by atoms with Gasteiger partial charge in [-0.05, 0) is 35.9 Å². The van der Waals surface area contributed by atoms with E-state index in [2.05, 4.69) is 15.9 Å². The number of imide groups is 1. The summed E-state index contributed by atoms with van der Waals surface area (Å²) in [6.07, 6.45) is 1.47. The Morgan fingerprint density at radius 3 is 2.44 bits per heavy atom. The molecular weight excluding hydrogens is 615 g/mol. The number of methoxy groups -OCH3 is 1. The van der Waals surface area contributed by atoms with E-state index in [1.165, 1.54) is 34.7 Å². The molecule has 1 saturated heterocycles. The molecule has 3 aromatic rings. The van der Waals surface area contributed by atoms with Crippen molar-refractivity contribution in [1.29, 1.82) is 0 Å². The van der Waals surface area contributed by atoms with E-state index in [1.54, 1.807) is 36.4 Å². The zero-order chi connectivity index (χ0) is 27.9. The molecule has 2 amide bonds. The summed E-state index contributed by atoms with van der Waals surface area (Å²) in [6, 6.07) is 12.0. The molecule has 1 aliphatic carbocycles. The van der Waals surface area contributed by atoms with Gasteiger partial charge in [-0.3, -0.25) is 14.5 Å². The number of aromatic hydroxyl groups is 1. The molecule has 4 unspecified atom stereocenters. The summed E-state index contributed by atoms with van der Waals surface area (Å²) in [4.78, 5) is 51.5. The lowest BCUT2D eigenvalue weighted by atomic mass is 9.64. The van der Waals surface area contributed by atoms with Gasteiger partial charge in [0.05, 0.1) is 30.8 Å². The Balaban J connectivity index is 1.64. The van der Waals surface area contributed by atoms with Gasteiger partial charge in [-0.15, -0.1) is 23.2 Å². The maximum atomic E-state index is 13.8. The number of likely N-dealkylation sites (tertiary alicyclic amines) is 1. The van der Waals surface area contributed by atoms with Crippen LogP contribution in [0.3, 0.4) is 0 Å². The predicted octanol–water partition coefficient (Wildman–Crippen LogP) is 2.86. The van der Waals surface area contributed by atoms with Crippen LogP contribution in [0, 0.1) is 0 Å². The highest BCUT2D eigenvalue weighted by Crippen LogP contribution is 2.64. The second-order valence-electron chi connectivity index (χ2n) is 9.62. The topological polar surface area (TPSA) is 116 Å². The van der Waals surface area contributed by atoms with Gasteiger partial charge in [-0.25, -0.2) is 23.5 Å². The lowest BCUT2D eigenvalue weighted by molar-refractivity contribution is -0.138. The number of carbonyl (C=O) groups is 2. The fraction of sp³-hybridized carbons (Fsp3) is 0.308. The highest BCUT2D eigenvalue weighted by molar-refractivity contribution is 9.09. The molecule has 13 heteroatoms. The summed E-state index contributed by atoms with van der Waals surface area (Å²) >= 11 is 17.5. The van der Waals surface area contributed by atoms with Crippen LogP contribution < -0.4 is 16.1 Å². The summed E-state index contributed by atoms with van der Waals surface area (Å²) in [7, 11) is 1.45. The molecule has 10 nitrogen and oxygen atoms in total. The van der Waals surface area contributed by atoms with Crippen molar-refractivity contribution < 1.29 is 19.4 Å². The number of para-hydroxylation sites is 1. The Morgan fingerprint density at radius 1 is 1.05 bits per heavy atom. The molecule has 2 aliphatic heterocycles. The van der Waals surface area contributed by atoms with E-state index in [-0.39, 0.29) is 29.7 Å². The average Bonchev–Trinajstić information content (AvgIpc) is 3.27. The first-order valence-corrected chi connectivity index (χ1v) is 13.8. The first kappa shape index (κ1) is 26.0. The second kappa shape index (κ2) is 8.87. The molecule has 2 aromatic carbocycles. The lowest BCUT2D eigenvalue weighted by Crippen LogP contribution is -2.59. The summed E-state index contributed by atoms with van der Waals surface area (Å²) < 4.78 is 8.95. The number of nitrogens with zero attached hydrogens (tertiary/aromatic N) is 4. The highest BCUT2D eigenvalue weighted by Gasteiger charge is 2.75. The van der Waals surface area contributed by atoms with Gasteiger partial charge in [0.25, 0.3) is 11.8 Å². The number of fused-ring (bicyclic) bond motifs is 4. The summed E-state index contributed by atoms with van der Waals surface area (Å²) in [5.74, 6) is -2.43. The zero-order valence-corrected chi connectivity index (χ0v) is 23.5. The van der Waals surface area contributed by atoms with Crippen molar-refractivity contribution in [3.63, 3.8) is 0 Å². The van der Waals surface area contributed by atoms with Crippen LogP contribution in [0.1, 0.15) is 23.9 Å². The molecular formula is C26H21BrCl2N4O6. The molecule has 39 heavy (non-hydrogen) atoms. The van der Waals surface area contributed by atoms with Gasteiger partial charge in [-0.2, -0.15) is 0 Å². The largest absolute Gasteiger partial charge is 0.508 e. The number of hydrogen-bond donors (Lipinski definition) is 1. The average molecular weight is 636 g/mol. The molecule has 3 aliphatic rings. The number of phenols is 1. The predicted molar refractivity (Wildman–Crippen MR) is 146 cm³/mol. The van der Waals surface area contributed by atoms with Crippen molar-refractivity contribution >= 4 is 50.9 Å². The first-order valence-electron chi connectivity index (χ1n) is 12.0. The maximum Gasteiger partial charge on any atom is 0.352 e. The number of hydrogen-bond acceptors (Lipinski definition) is 6. The number of alkyl halides is 3. The normalized spacial score (nSPS) is 27.6. The van der Waals surface area contributed by atoms with Gasteiger partial charge in [-0.1, -0.05) is 40.2 Å². The minimum Gasteiger partial charge on any atom is -0.508 e. The number of benzene rings is 2. The monoisotopic (exact) mass is 634 g/mol. The van der Waals surface area contributed by atoms with E-state index < -0.39 is 44.9 Å². The number of ether oxygens (including phenoxy) is 1.